The Morgan fingerprint density at radius 2 is 2.24 bits per heavy atom. The van der Waals surface area contributed by atoms with E-state index in [1.807, 2.05) is 0 Å². The molecule has 0 saturated heterocycles. The molecule has 2 N–H and O–H groups in total. The van der Waals surface area contributed by atoms with Crippen molar-refractivity contribution in [3.63, 3.8) is 0 Å². The fourth-order valence-corrected chi connectivity index (χ4v) is 1.97. The Morgan fingerprint density at radius 1 is 1.48 bits per heavy atom. The first kappa shape index (κ1) is 14.8. The molecule has 1 aliphatic carbocycles. The number of rotatable bonds is 4. The van der Waals surface area contributed by atoms with E-state index in [2.05, 4.69) is 5.32 Å². The van der Waals surface area contributed by atoms with E-state index < -0.39 is 18.0 Å². The summed E-state index contributed by atoms with van der Waals surface area (Å²) in [4.78, 5) is 34.0. The van der Waals surface area contributed by atoms with Gasteiger partial charge in [0.15, 0.2) is 11.9 Å². The molecule has 1 aliphatic heterocycles. The highest BCUT2D eigenvalue weighted by Crippen LogP contribution is 2.19. The second kappa shape index (κ2) is 6.25. The molecule has 1 atom stereocenters. The van der Waals surface area contributed by atoms with Crippen LogP contribution in [0.25, 0.3) is 0 Å². The lowest BCUT2D eigenvalue weighted by atomic mass is 10.2. The van der Waals surface area contributed by atoms with Gasteiger partial charge in [-0.1, -0.05) is 0 Å². The number of allylic oxidation sites excluding steroid dienone is 2. The highest BCUT2D eigenvalue weighted by molar-refractivity contribution is 6.03. The Hall–Kier alpha value is -2.57. The molecule has 0 spiro atoms. The van der Waals surface area contributed by atoms with Crippen LogP contribution in [0.15, 0.2) is 35.4 Å². The maximum absolute atomic E-state index is 11.7. The summed E-state index contributed by atoms with van der Waals surface area (Å²) < 4.78 is 10.0. The number of amides is 1. The van der Waals surface area contributed by atoms with Gasteiger partial charge < -0.3 is 19.9 Å². The summed E-state index contributed by atoms with van der Waals surface area (Å²) in [5, 5.41) is 11.8. The number of ether oxygens (including phenoxy) is 2. The molecule has 112 valence electrons. The van der Waals surface area contributed by atoms with Gasteiger partial charge in [0, 0.05) is 31.4 Å². The van der Waals surface area contributed by atoms with Crippen LogP contribution in [0.5, 0.6) is 0 Å². The van der Waals surface area contributed by atoms with E-state index in [0.29, 0.717) is 5.57 Å². The Labute approximate surface area is 120 Å². The van der Waals surface area contributed by atoms with Crippen molar-refractivity contribution in [1.82, 2.24) is 5.32 Å². The third kappa shape index (κ3) is 3.71. The van der Waals surface area contributed by atoms with Gasteiger partial charge in [-0.25, -0.2) is 0 Å². The standard InChI is InChI=1S/C14H15NO6/c1-8(16)21-12-7-20-6-9(12)2-5-13(19)15-14-10(17)3-4-11(14)18/h2,5-6,12,17H,3-4,7H2,1H3,(H,15,19)/b5-2+. The lowest BCUT2D eigenvalue weighted by molar-refractivity contribution is -0.145. The number of esters is 1. The minimum absolute atomic E-state index is 0.0576. The summed E-state index contributed by atoms with van der Waals surface area (Å²) in [6.07, 6.45) is 3.90. The zero-order valence-electron chi connectivity index (χ0n) is 11.4. The molecule has 7 nitrogen and oxygen atoms in total. The highest BCUT2D eigenvalue weighted by atomic mass is 16.6. The molecule has 0 saturated carbocycles. The molecular weight excluding hydrogens is 278 g/mol. The van der Waals surface area contributed by atoms with Crippen molar-refractivity contribution >= 4 is 17.7 Å². The molecule has 0 aromatic rings. The van der Waals surface area contributed by atoms with Crippen LogP contribution < -0.4 is 5.32 Å². The maximum atomic E-state index is 11.7. The minimum Gasteiger partial charge on any atom is -0.510 e. The van der Waals surface area contributed by atoms with Gasteiger partial charge in [-0.2, -0.15) is 0 Å². The molecule has 0 aromatic carbocycles. The lowest BCUT2D eigenvalue weighted by Gasteiger charge is -2.09. The number of hydrogen-bond acceptors (Lipinski definition) is 6. The van der Waals surface area contributed by atoms with Crippen LogP contribution in [0.1, 0.15) is 19.8 Å². The number of Topliss-reactive ketones (excluding diaryl/α,β-unsaturated/α-hetero) is 1. The SMILES string of the molecule is CC(=O)OC1COC=C1/C=C/C(=O)NC1=C(O)CCC1=O. The van der Waals surface area contributed by atoms with Crippen molar-refractivity contribution in [3.05, 3.63) is 35.4 Å². The molecule has 21 heavy (non-hydrogen) atoms. The summed E-state index contributed by atoms with van der Waals surface area (Å²) in [6.45, 7) is 1.48. The Morgan fingerprint density at radius 3 is 2.86 bits per heavy atom. The summed E-state index contributed by atoms with van der Waals surface area (Å²) in [7, 11) is 0. The summed E-state index contributed by atoms with van der Waals surface area (Å²) >= 11 is 0. The quantitative estimate of drug-likeness (QED) is 0.582. The number of carbonyl (C=O) groups is 3. The average molecular weight is 293 g/mol. The van der Waals surface area contributed by atoms with Gasteiger partial charge in [0.05, 0.1) is 6.26 Å². The number of aliphatic hydroxyl groups excluding tert-OH is 1. The first-order valence-corrected chi connectivity index (χ1v) is 6.40. The molecule has 1 heterocycles. The third-order valence-corrected chi connectivity index (χ3v) is 2.98. The van der Waals surface area contributed by atoms with Crippen molar-refractivity contribution in [2.75, 3.05) is 6.61 Å². The van der Waals surface area contributed by atoms with E-state index in [0.717, 1.165) is 0 Å². The molecule has 0 radical (unpaired) electrons. The topological polar surface area (TPSA) is 102 Å². The fourth-order valence-electron chi connectivity index (χ4n) is 1.97. The van der Waals surface area contributed by atoms with E-state index in [1.165, 1.54) is 25.3 Å². The first-order valence-electron chi connectivity index (χ1n) is 6.40. The van der Waals surface area contributed by atoms with E-state index in [1.54, 1.807) is 0 Å². The summed E-state index contributed by atoms with van der Waals surface area (Å²) in [5.74, 6) is -1.40. The lowest BCUT2D eigenvalue weighted by Crippen LogP contribution is -2.25. The van der Waals surface area contributed by atoms with Gasteiger partial charge in [0.2, 0.25) is 5.91 Å². The summed E-state index contributed by atoms with van der Waals surface area (Å²) in [5.41, 5.74) is 0.481. The van der Waals surface area contributed by atoms with Crippen LogP contribution in [-0.4, -0.2) is 35.5 Å². The average Bonchev–Trinajstić information content (AvgIpc) is 2.97. The number of hydrogen-bond donors (Lipinski definition) is 2. The predicted molar refractivity (Wildman–Crippen MR) is 70.8 cm³/mol. The molecule has 0 aromatic heterocycles. The van der Waals surface area contributed by atoms with Gasteiger partial charge in [-0.3, -0.25) is 14.4 Å². The maximum Gasteiger partial charge on any atom is 0.303 e. The van der Waals surface area contributed by atoms with Gasteiger partial charge in [-0.05, 0) is 6.08 Å². The predicted octanol–water partition coefficient (Wildman–Crippen LogP) is 0.637. The smallest absolute Gasteiger partial charge is 0.303 e. The van der Waals surface area contributed by atoms with Crippen LogP contribution in [0.3, 0.4) is 0 Å². The van der Waals surface area contributed by atoms with Gasteiger partial charge in [0.1, 0.15) is 18.1 Å². The van der Waals surface area contributed by atoms with Gasteiger partial charge in [0.25, 0.3) is 0 Å². The number of carbonyl (C=O) groups excluding carboxylic acids is 3. The largest absolute Gasteiger partial charge is 0.510 e. The van der Waals surface area contributed by atoms with E-state index in [4.69, 9.17) is 9.47 Å². The zero-order valence-corrected chi connectivity index (χ0v) is 11.4. The Kier molecular flexibility index (Phi) is 4.42. The van der Waals surface area contributed by atoms with Gasteiger partial charge >= 0.3 is 5.97 Å². The monoisotopic (exact) mass is 293 g/mol. The van der Waals surface area contributed by atoms with Crippen LogP contribution in [0.2, 0.25) is 0 Å². The number of nitrogens with one attached hydrogen (secondary N) is 1. The van der Waals surface area contributed by atoms with Crippen LogP contribution >= 0.6 is 0 Å². The second-order valence-electron chi connectivity index (χ2n) is 4.62. The van der Waals surface area contributed by atoms with E-state index >= 15 is 0 Å². The van der Waals surface area contributed by atoms with Crippen LogP contribution in [-0.2, 0) is 23.9 Å². The second-order valence-corrected chi connectivity index (χ2v) is 4.62. The highest BCUT2D eigenvalue weighted by Gasteiger charge is 2.24. The van der Waals surface area contributed by atoms with E-state index in [-0.39, 0.29) is 36.7 Å². The molecule has 7 heteroatoms. The zero-order chi connectivity index (χ0) is 15.4. The Balaban J connectivity index is 1.95. The summed E-state index contributed by atoms with van der Waals surface area (Å²) in [6, 6.07) is 0. The molecule has 1 amide bonds. The van der Waals surface area contributed by atoms with Gasteiger partial charge in [-0.15, -0.1) is 0 Å². The number of aliphatic hydroxyl groups is 1. The first-order chi connectivity index (χ1) is 9.97. The molecule has 1 unspecified atom stereocenters. The van der Waals surface area contributed by atoms with Crippen molar-refractivity contribution in [2.45, 2.75) is 25.9 Å². The fraction of sp³-hybridized carbons (Fsp3) is 0.357. The van der Waals surface area contributed by atoms with Crippen molar-refractivity contribution in [2.24, 2.45) is 0 Å². The normalized spacial score (nSPS) is 21.5. The minimum atomic E-state index is -0.554. The number of ketones is 1. The molecule has 2 rings (SSSR count). The molecule has 0 fully saturated rings. The molecule has 2 aliphatic rings. The van der Waals surface area contributed by atoms with Crippen molar-refractivity contribution in [1.29, 1.82) is 0 Å². The van der Waals surface area contributed by atoms with E-state index in [9.17, 15) is 19.5 Å². The van der Waals surface area contributed by atoms with Crippen molar-refractivity contribution < 1.29 is 29.0 Å². The Bertz CT molecular complexity index is 572. The molecular formula is C14H15NO6. The van der Waals surface area contributed by atoms with Crippen LogP contribution in [0, 0.1) is 0 Å². The van der Waals surface area contributed by atoms with Crippen molar-refractivity contribution in [3.8, 4) is 0 Å². The van der Waals surface area contributed by atoms with Crippen LogP contribution in [0.4, 0.5) is 0 Å². The third-order valence-electron chi connectivity index (χ3n) is 2.98. The molecule has 0 bridgehead atoms.